The van der Waals surface area contributed by atoms with Gasteiger partial charge in [0.15, 0.2) is 0 Å². The molecule has 74 heavy (non-hydrogen) atoms. The molecule has 1 fully saturated rings. The number of esters is 1. The summed E-state index contributed by atoms with van der Waals surface area (Å²) in [5.74, 6) is -1.76. The van der Waals surface area contributed by atoms with Crippen LogP contribution in [0.5, 0.6) is 23.0 Å². The number of hydrogen-bond donors (Lipinski definition) is 0. The molecule has 1 saturated heterocycles. The van der Waals surface area contributed by atoms with E-state index in [-0.39, 0.29) is 61.2 Å². The molecule has 8 rings (SSSR count). The van der Waals surface area contributed by atoms with Crippen LogP contribution in [0.4, 0.5) is 31.1 Å². The summed E-state index contributed by atoms with van der Waals surface area (Å²) in [6.45, 7) is 2.07. The highest BCUT2D eigenvalue weighted by Gasteiger charge is 2.39. The number of cyclic esters (lactones) is 1. The van der Waals surface area contributed by atoms with Crippen LogP contribution in [0.15, 0.2) is 149 Å². The molecule has 14 nitrogen and oxygen atoms in total. The van der Waals surface area contributed by atoms with Gasteiger partial charge in [-0.15, -0.1) is 26.3 Å². The van der Waals surface area contributed by atoms with Gasteiger partial charge in [0.2, 0.25) is 5.91 Å². The Bertz CT molecular complexity index is 2930. The van der Waals surface area contributed by atoms with Gasteiger partial charge in [0, 0.05) is 30.4 Å². The number of carbonyl (C=O) groups excluding carboxylic acids is 3. The first-order chi connectivity index (χ1) is 35.4. The maximum absolute atomic E-state index is 13.5. The first-order valence-corrected chi connectivity index (χ1v) is 23.2. The zero-order chi connectivity index (χ0) is 52.8. The van der Waals surface area contributed by atoms with Gasteiger partial charge in [0.05, 0.1) is 40.5 Å². The Morgan fingerprint density at radius 2 is 1.15 bits per heavy atom. The summed E-state index contributed by atoms with van der Waals surface area (Å²) in [5, 5.41) is 7.62. The van der Waals surface area contributed by atoms with Crippen molar-refractivity contribution in [1.82, 2.24) is 15.2 Å². The number of aromatic nitrogens is 2. The van der Waals surface area contributed by atoms with Gasteiger partial charge in [-0.25, -0.2) is 9.69 Å². The summed E-state index contributed by atoms with van der Waals surface area (Å²) in [6, 6.07) is 34.2. The molecule has 0 unspecified atom stereocenters. The Kier molecular flexibility index (Phi) is 18.1. The van der Waals surface area contributed by atoms with E-state index in [1.54, 1.807) is 73.7 Å². The van der Waals surface area contributed by atoms with Crippen molar-refractivity contribution >= 4 is 41.2 Å². The number of imide groups is 1. The number of carbonyl (C=O) groups is 3. The molecule has 22 heteroatoms. The van der Waals surface area contributed by atoms with E-state index in [0.29, 0.717) is 46.0 Å². The van der Waals surface area contributed by atoms with E-state index >= 15 is 0 Å². The van der Waals surface area contributed by atoms with Crippen LogP contribution in [0.2, 0.25) is 10.0 Å². The number of rotatable bonds is 19. The van der Waals surface area contributed by atoms with Gasteiger partial charge in [0.25, 0.3) is 0 Å². The number of hydrogen-bond acceptors (Lipinski definition) is 13. The molecule has 0 saturated carbocycles. The number of amides is 2. The highest BCUT2D eigenvalue weighted by atomic mass is 35.5. The lowest BCUT2D eigenvalue weighted by Crippen LogP contribution is -2.40. The van der Waals surface area contributed by atoms with Gasteiger partial charge >= 0.3 is 24.8 Å². The lowest BCUT2D eigenvalue weighted by molar-refractivity contribution is -0.275. The van der Waals surface area contributed by atoms with Gasteiger partial charge in [-0.05, 0) is 89.7 Å². The van der Waals surface area contributed by atoms with Crippen molar-refractivity contribution in [1.29, 1.82) is 0 Å². The average Bonchev–Trinajstić information content (AvgIpc) is 4.18. The van der Waals surface area contributed by atoms with Gasteiger partial charge in [-0.2, -0.15) is 0 Å². The van der Waals surface area contributed by atoms with Crippen LogP contribution in [0, 0.1) is 0 Å². The number of alkyl halides is 6. The summed E-state index contributed by atoms with van der Waals surface area (Å²) in [7, 11) is 0. The van der Waals surface area contributed by atoms with Crippen molar-refractivity contribution < 1.29 is 78.2 Å². The Labute approximate surface area is 428 Å². The molecule has 0 radical (unpaired) electrons. The molecule has 1 aliphatic rings. The summed E-state index contributed by atoms with van der Waals surface area (Å²) in [4.78, 5) is 39.1. The smallest absolute Gasteiger partial charge is 0.489 e. The fourth-order valence-corrected chi connectivity index (χ4v) is 7.97. The maximum atomic E-state index is 13.5. The minimum absolute atomic E-state index is 0.000271. The molecule has 0 aliphatic carbocycles. The Hall–Kier alpha value is -7.71. The highest BCUT2D eigenvalue weighted by molar-refractivity contribution is 6.32. The molecule has 7 aromatic rings. The van der Waals surface area contributed by atoms with Crippen LogP contribution in [-0.4, -0.2) is 65.2 Å². The molecule has 3 heterocycles. The fraction of sp³-hybridized carbons (Fsp3) is 0.250. The zero-order valence-electron chi connectivity index (χ0n) is 38.8. The zero-order valence-corrected chi connectivity index (χ0v) is 40.3. The average molecular weight is 1070 g/mol. The minimum atomic E-state index is -4.88. The van der Waals surface area contributed by atoms with Crippen molar-refractivity contribution in [3.63, 3.8) is 0 Å². The molecule has 3 atom stereocenters. The SMILES string of the molecule is CCOC(=O)C[C@@H](c1ccc(OCc2ccc(Cl)c(OC(F)(F)F)c2)cc1)c1ccon1.O=C(C[C@@H](c1ccc(OCc2ccc(Cl)c(OC(F)(F)F)c2)cc1)c1ccon1)N1C(=O)OC[C@@H]1Cc1ccccc1. The molecule has 0 bridgehead atoms. The van der Waals surface area contributed by atoms with Crippen LogP contribution in [0.1, 0.15) is 70.8 Å². The molecule has 2 amide bonds. The third-order valence-corrected chi connectivity index (χ3v) is 11.7. The molecule has 2 aromatic heterocycles. The van der Waals surface area contributed by atoms with E-state index in [2.05, 4.69) is 19.8 Å². The lowest BCUT2D eigenvalue weighted by atomic mass is 9.91. The van der Waals surface area contributed by atoms with Gasteiger partial charge in [0.1, 0.15) is 55.3 Å². The summed E-state index contributed by atoms with van der Waals surface area (Å²) in [5.41, 5.74) is 4.44. The number of benzene rings is 5. The number of halogens is 8. The van der Waals surface area contributed by atoms with Crippen LogP contribution >= 0.6 is 23.2 Å². The summed E-state index contributed by atoms with van der Waals surface area (Å²) < 4.78 is 115. The van der Waals surface area contributed by atoms with Gasteiger partial charge in [-0.3, -0.25) is 9.59 Å². The standard InChI is InChI=1S/C30H24ClF3N2O6.C22H19ClF3NO5/c31-25-11-6-20(15-27(25)42-30(32,33)34)17-39-23-9-7-21(8-10-23)24(26-12-13-41-35-26)16-28(37)36-22(18-40-29(36)38)14-19-4-2-1-3-5-19;1-2-29-21(28)12-17(19-9-10-31-27-19)15-4-6-16(7-5-15)30-13-14-3-8-18(23)20(11-14)32-22(24,25)26/h1-13,15,22,24H,14,16-18H2;3-11,17H,2,12-13H2,1H3/t22-,24-;17-/m00/s1. The van der Waals surface area contributed by atoms with Crippen LogP contribution in [-0.2, 0) is 38.7 Å². The fourth-order valence-electron chi connectivity index (χ4n) is 7.66. The highest BCUT2D eigenvalue weighted by Crippen LogP contribution is 2.35. The van der Waals surface area contributed by atoms with Gasteiger partial charge < -0.3 is 37.5 Å². The topological polar surface area (TPSA) is 162 Å². The molecular formula is C52H43Cl2F6N3O11. The van der Waals surface area contributed by atoms with Crippen molar-refractivity contribution in [3.05, 3.63) is 189 Å². The predicted molar refractivity (Wildman–Crippen MR) is 253 cm³/mol. The number of ether oxygens (including phenoxy) is 6. The summed E-state index contributed by atoms with van der Waals surface area (Å²) in [6.07, 6.45) is -7.09. The normalized spacial score (nSPS) is 14.3. The van der Waals surface area contributed by atoms with Crippen LogP contribution < -0.4 is 18.9 Å². The monoisotopic (exact) mass is 1070 g/mol. The van der Waals surface area contributed by atoms with Crippen molar-refractivity contribution in [3.8, 4) is 23.0 Å². The van der Waals surface area contributed by atoms with Crippen LogP contribution in [0.3, 0.4) is 0 Å². The first-order valence-electron chi connectivity index (χ1n) is 22.4. The minimum Gasteiger partial charge on any atom is -0.489 e. The Morgan fingerprint density at radius 3 is 1.59 bits per heavy atom. The lowest BCUT2D eigenvalue weighted by Gasteiger charge is -2.22. The van der Waals surface area contributed by atoms with Crippen LogP contribution in [0.25, 0.3) is 0 Å². The molecule has 1 aliphatic heterocycles. The van der Waals surface area contributed by atoms with Crippen molar-refractivity contribution in [2.24, 2.45) is 0 Å². The maximum Gasteiger partial charge on any atom is 0.573 e. The molecule has 388 valence electrons. The van der Waals surface area contributed by atoms with Crippen molar-refractivity contribution in [2.45, 2.75) is 70.0 Å². The first kappa shape index (κ1) is 54.1. The van der Waals surface area contributed by atoms with E-state index in [1.807, 2.05) is 30.3 Å². The van der Waals surface area contributed by atoms with E-state index in [4.69, 9.17) is 51.2 Å². The molecule has 5 aromatic carbocycles. The Balaban J connectivity index is 0.000000225. The third-order valence-electron chi connectivity index (χ3n) is 11.0. The molecule has 0 N–H and O–H groups in total. The van der Waals surface area contributed by atoms with E-state index in [9.17, 15) is 40.7 Å². The largest absolute Gasteiger partial charge is 0.573 e. The third kappa shape index (κ3) is 15.6. The van der Waals surface area contributed by atoms with Crippen molar-refractivity contribution in [2.75, 3.05) is 13.2 Å². The second-order valence-corrected chi connectivity index (χ2v) is 17.0. The summed E-state index contributed by atoms with van der Waals surface area (Å²) >= 11 is 11.6. The predicted octanol–water partition coefficient (Wildman–Crippen LogP) is 12.8. The second-order valence-electron chi connectivity index (χ2n) is 16.2. The number of nitrogens with zero attached hydrogens (tertiary/aromatic N) is 3. The quantitative estimate of drug-likeness (QED) is 0.0556. The second kappa shape index (κ2) is 24.8. The van der Waals surface area contributed by atoms with Gasteiger partial charge in [-0.1, -0.05) is 100 Å². The molecule has 0 spiro atoms. The van der Waals surface area contributed by atoms with E-state index in [0.717, 1.165) is 17.2 Å². The van der Waals surface area contributed by atoms with E-state index in [1.165, 1.54) is 41.7 Å². The molecular weight excluding hydrogens is 1030 g/mol. The van der Waals surface area contributed by atoms with E-state index < -0.39 is 48.2 Å². The Morgan fingerprint density at radius 1 is 0.662 bits per heavy atom.